The molecule has 3 aliphatic rings. The number of aliphatic hydroxyl groups excluding tert-OH is 1. The van der Waals surface area contributed by atoms with E-state index in [1.54, 1.807) is 18.3 Å². The molecule has 0 spiro atoms. The number of aliphatic hydroxyl groups is 1. The number of allylic oxidation sites excluding steroid dienone is 1. The Morgan fingerprint density at radius 2 is 1.83 bits per heavy atom. The number of aromatic nitrogens is 1. The molecule has 41 heavy (non-hydrogen) atoms. The number of fused-ring (bicyclic) bond motifs is 3. The fourth-order valence-corrected chi connectivity index (χ4v) is 6.54. The largest absolute Gasteiger partial charge is 0.507 e. The Hall–Kier alpha value is -3.82. The summed E-state index contributed by atoms with van der Waals surface area (Å²) in [5, 5.41) is 29.5. The van der Waals surface area contributed by atoms with Gasteiger partial charge in [0.05, 0.1) is 36.8 Å². The summed E-state index contributed by atoms with van der Waals surface area (Å²) in [6.45, 7) is 0.417. The second-order valence-corrected chi connectivity index (χ2v) is 11.0. The highest BCUT2D eigenvalue weighted by atomic mass is 16.5. The molecule has 9 nitrogen and oxygen atoms in total. The Bertz CT molecular complexity index is 1350. The zero-order valence-corrected chi connectivity index (χ0v) is 22.9. The molecule has 3 N–H and O–H groups in total. The number of aliphatic carboxylic acids is 1. The number of pyridine rings is 1. The summed E-state index contributed by atoms with van der Waals surface area (Å²) in [6, 6.07) is 12.8. The van der Waals surface area contributed by atoms with E-state index in [-0.39, 0.29) is 49.2 Å². The smallest absolute Gasteiger partial charge is 0.303 e. The molecule has 0 unspecified atom stereocenters. The standard InChI is InChI=1S/C32H36N2O7/c35-18-22-17-23-30(32(40)34(31(23)39)15-7-1-2-11-28(37)38)24-19-41-27(29(22)24)13-12-20(25-9-5-6-14-33-25)16-21-8-3-4-10-26(21)36/h3-6,8-10,14,16,23-24,27,30,35-36H,1-2,7,11-13,15,17-19H2,(H,37,38)/b20-16-/t23-,24+,27-,30-/m1/s1. The first kappa shape index (κ1) is 28.7. The van der Waals surface area contributed by atoms with E-state index in [0.717, 1.165) is 22.4 Å². The zero-order chi connectivity index (χ0) is 28.9. The highest BCUT2D eigenvalue weighted by Gasteiger charge is 2.56. The molecule has 0 radical (unpaired) electrons. The number of carboxylic acids is 1. The molecule has 1 aromatic heterocycles. The number of aromatic hydroxyl groups is 1. The molecule has 1 aromatic carbocycles. The zero-order valence-electron chi connectivity index (χ0n) is 22.9. The Morgan fingerprint density at radius 3 is 2.56 bits per heavy atom. The molecule has 1 aliphatic carbocycles. The summed E-state index contributed by atoms with van der Waals surface area (Å²) in [4.78, 5) is 43.4. The number of benzene rings is 1. The van der Waals surface area contributed by atoms with Gasteiger partial charge >= 0.3 is 5.97 Å². The highest BCUT2D eigenvalue weighted by Crippen LogP contribution is 2.50. The topological polar surface area (TPSA) is 137 Å². The molecule has 3 heterocycles. The fourth-order valence-electron chi connectivity index (χ4n) is 6.54. The summed E-state index contributed by atoms with van der Waals surface area (Å²) in [7, 11) is 0. The van der Waals surface area contributed by atoms with Gasteiger partial charge in [0.15, 0.2) is 0 Å². The molecule has 2 aliphatic heterocycles. The second-order valence-electron chi connectivity index (χ2n) is 11.0. The number of rotatable bonds is 12. The number of phenols is 1. The van der Waals surface area contributed by atoms with Crippen molar-refractivity contribution < 1.29 is 34.4 Å². The van der Waals surface area contributed by atoms with Crippen LogP contribution in [-0.4, -0.2) is 68.8 Å². The molecule has 2 amide bonds. The highest BCUT2D eigenvalue weighted by molar-refractivity contribution is 6.06. The van der Waals surface area contributed by atoms with Crippen molar-refractivity contribution >= 4 is 29.4 Å². The maximum Gasteiger partial charge on any atom is 0.303 e. The third-order valence-corrected chi connectivity index (χ3v) is 8.50. The number of phenolic OH excluding ortho intramolecular Hbond substituents is 1. The number of unbranched alkanes of at least 4 members (excludes halogenated alkanes) is 2. The maximum absolute atomic E-state index is 13.5. The molecule has 2 aromatic rings. The summed E-state index contributed by atoms with van der Waals surface area (Å²) in [5.41, 5.74) is 4.14. The van der Waals surface area contributed by atoms with Crippen molar-refractivity contribution in [2.75, 3.05) is 19.8 Å². The third-order valence-electron chi connectivity index (χ3n) is 8.50. The minimum Gasteiger partial charge on any atom is -0.507 e. The first-order chi connectivity index (χ1) is 19.9. The van der Waals surface area contributed by atoms with E-state index in [9.17, 15) is 24.6 Å². The van der Waals surface area contributed by atoms with Gasteiger partial charge in [0.25, 0.3) is 0 Å². The number of carboxylic acid groups (broad SMARTS) is 1. The fraction of sp³-hybridized carbons (Fsp3) is 0.438. The van der Waals surface area contributed by atoms with Crippen LogP contribution in [0, 0.1) is 17.8 Å². The average Bonchev–Trinajstić information content (AvgIpc) is 3.50. The van der Waals surface area contributed by atoms with Gasteiger partial charge in [-0.15, -0.1) is 0 Å². The lowest BCUT2D eigenvalue weighted by molar-refractivity contribution is -0.141. The van der Waals surface area contributed by atoms with E-state index in [1.165, 1.54) is 4.90 Å². The van der Waals surface area contributed by atoms with Crippen LogP contribution in [0.2, 0.25) is 0 Å². The van der Waals surface area contributed by atoms with E-state index >= 15 is 0 Å². The summed E-state index contributed by atoms with van der Waals surface area (Å²) in [6.07, 6.45) is 6.67. The van der Waals surface area contributed by atoms with Crippen molar-refractivity contribution in [3.63, 3.8) is 0 Å². The molecule has 4 atom stereocenters. The van der Waals surface area contributed by atoms with Gasteiger partial charge in [-0.25, -0.2) is 0 Å². The van der Waals surface area contributed by atoms with Crippen molar-refractivity contribution in [2.24, 2.45) is 17.8 Å². The van der Waals surface area contributed by atoms with Gasteiger partial charge in [0, 0.05) is 30.6 Å². The van der Waals surface area contributed by atoms with Gasteiger partial charge in [0.2, 0.25) is 11.8 Å². The molecular weight excluding hydrogens is 524 g/mol. The van der Waals surface area contributed by atoms with Crippen LogP contribution in [0.25, 0.3) is 11.6 Å². The van der Waals surface area contributed by atoms with Crippen LogP contribution in [-0.2, 0) is 19.1 Å². The monoisotopic (exact) mass is 560 g/mol. The SMILES string of the molecule is O=C(O)CCCCCN1C(=O)[C@@H]2[C@@H](CC(CO)=C3[C@@H](CC/C(=C/c4ccccc4O)c4ccccn4)OC[C@@H]32)C1=O. The quantitative estimate of drug-likeness (QED) is 0.201. The van der Waals surface area contributed by atoms with E-state index in [0.29, 0.717) is 50.7 Å². The van der Waals surface area contributed by atoms with E-state index in [2.05, 4.69) is 4.98 Å². The second kappa shape index (κ2) is 12.8. The van der Waals surface area contributed by atoms with E-state index < -0.39 is 17.8 Å². The predicted molar refractivity (Wildman–Crippen MR) is 151 cm³/mol. The third kappa shape index (κ3) is 6.11. The molecule has 0 saturated carbocycles. The van der Waals surface area contributed by atoms with Gasteiger partial charge < -0.3 is 20.1 Å². The molecule has 2 saturated heterocycles. The van der Waals surface area contributed by atoms with Crippen molar-refractivity contribution in [1.29, 1.82) is 0 Å². The number of hydrogen-bond donors (Lipinski definition) is 3. The van der Waals surface area contributed by atoms with Crippen molar-refractivity contribution in [2.45, 2.75) is 51.0 Å². The van der Waals surface area contributed by atoms with Crippen molar-refractivity contribution in [3.05, 3.63) is 71.1 Å². The maximum atomic E-state index is 13.5. The molecule has 5 rings (SSSR count). The van der Waals surface area contributed by atoms with Crippen LogP contribution in [0.1, 0.15) is 56.2 Å². The first-order valence-corrected chi connectivity index (χ1v) is 14.3. The number of amides is 2. The number of imide groups is 1. The Balaban J connectivity index is 1.31. The van der Waals surface area contributed by atoms with Gasteiger partial charge in [-0.2, -0.15) is 0 Å². The van der Waals surface area contributed by atoms with Crippen molar-refractivity contribution in [3.8, 4) is 5.75 Å². The number of carbonyl (C=O) groups is 3. The number of para-hydroxylation sites is 1. The van der Waals surface area contributed by atoms with Gasteiger partial charge in [-0.05, 0) is 73.1 Å². The summed E-state index contributed by atoms with van der Waals surface area (Å²) >= 11 is 0. The van der Waals surface area contributed by atoms with Crippen LogP contribution in [0.15, 0.2) is 59.8 Å². The number of nitrogens with zero attached hydrogens (tertiary/aromatic N) is 2. The number of ether oxygens (including phenoxy) is 1. The van der Waals surface area contributed by atoms with Gasteiger partial charge in [0.1, 0.15) is 5.75 Å². The molecule has 0 bridgehead atoms. The number of hydrogen-bond acceptors (Lipinski definition) is 7. The van der Waals surface area contributed by atoms with Crippen LogP contribution in [0.4, 0.5) is 0 Å². The Labute approximate surface area is 239 Å². The van der Waals surface area contributed by atoms with Crippen LogP contribution >= 0.6 is 0 Å². The van der Waals surface area contributed by atoms with E-state index in [4.69, 9.17) is 9.84 Å². The van der Waals surface area contributed by atoms with Crippen LogP contribution in [0.5, 0.6) is 5.75 Å². The predicted octanol–water partition coefficient (Wildman–Crippen LogP) is 4.06. The average molecular weight is 561 g/mol. The van der Waals surface area contributed by atoms with Crippen LogP contribution < -0.4 is 0 Å². The molecular formula is C32H36N2O7. The lowest BCUT2D eigenvalue weighted by Crippen LogP contribution is -2.35. The minimum absolute atomic E-state index is 0.0742. The van der Waals surface area contributed by atoms with E-state index in [1.807, 2.05) is 36.4 Å². The molecule has 216 valence electrons. The van der Waals surface area contributed by atoms with Crippen molar-refractivity contribution in [1.82, 2.24) is 9.88 Å². The lowest BCUT2D eigenvalue weighted by atomic mass is 9.69. The lowest BCUT2D eigenvalue weighted by Gasteiger charge is -2.31. The number of carbonyl (C=O) groups excluding carboxylic acids is 2. The van der Waals surface area contributed by atoms with Crippen LogP contribution in [0.3, 0.4) is 0 Å². The molecule has 2 fully saturated rings. The number of likely N-dealkylation sites (tertiary alicyclic amines) is 1. The molecule has 9 heteroatoms. The Kier molecular flexibility index (Phi) is 8.95. The first-order valence-electron chi connectivity index (χ1n) is 14.3. The summed E-state index contributed by atoms with van der Waals surface area (Å²) in [5.74, 6) is -2.30. The van der Waals surface area contributed by atoms with Gasteiger partial charge in [-0.1, -0.05) is 30.7 Å². The summed E-state index contributed by atoms with van der Waals surface area (Å²) < 4.78 is 6.25. The van der Waals surface area contributed by atoms with Gasteiger partial charge in [-0.3, -0.25) is 24.3 Å². The minimum atomic E-state index is -0.851. The normalized spacial score (nSPS) is 24.1. The Morgan fingerprint density at radius 1 is 1.02 bits per heavy atom.